The lowest BCUT2D eigenvalue weighted by atomic mass is 9.88. The molecule has 1 N–H and O–H groups in total. The van der Waals surface area contributed by atoms with Crippen molar-refractivity contribution >= 4 is 11.8 Å². The Balaban J connectivity index is 1.75. The number of thioether (sulfide) groups is 1. The van der Waals surface area contributed by atoms with Gasteiger partial charge in [-0.2, -0.15) is 11.8 Å². The molecular weight excluding hydrogens is 228 g/mol. The van der Waals surface area contributed by atoms with E-state index in [0.29, 0.717) is 4.75 Å². The molecular formula is C14H28N2S. The summed E-state index contributed by atoms with van der Waals surface area (Å²) in [5.41, 5.74) is 0. The average Bonchev–Trinajstić information content (AvgIpc) is 2.39. The van der Waals surface area contributed by atoms with Crippen LogP contribution in [0.2, 0.25) is 0 Å². The average molecular weight is 256 g/mol. The van der Waals surface area contributed by atoms with E-state index >= 15 is 0 Å². The van der Waals surface area contributed by atoms with Gasteiger partial charge in [0.1, 0.15) is 0 Å². The van der Waals surface area contributed by atoms with Crippen molar-refractivity contribution in [1.82, 2.24) is 10.2 Å². The SMILES string of the molecule is CSC1(CNC2CCN(C)CC2)CCCCC1. The number of hydrogen-bond donors (Lipinski definition) is 1. The number of piperidine rings is 1. The Morgan fingerprint density at radius 3 is 2.41 bits per heavy atom. The smallest absolute Gasteiger partial charge is 0.0281 e. The molecule has 1 aliphatic carbocycles. The maximum Gasteiger partial charge on any atom is 0.0281 e. The van der Waals surface area contributed by atoms with Crippen LogP contribution in [0.25, 0.3) is 0 Å². The summed E-state index contributed by atoms with van der Waals surface area (Å²) in [6.45, 7) is 3.77. The van der Waals surface area contributed by atoms with Crippen LogP contribution in [0.1, 0.15) is 44.9 Å². The summed E-state index contributed by atoms with van der Waals surface area (Å²) in [4.78, 5) is 2.45. The Bertz CT molecular complexity index is 218. The second-order valence-electron chi connectivity index (χ2n) is 5.91. The molecule has 3 heteroatoms. The molecule has 0 radical (unpaired) electrons. The van der Waals surface area contributed by atoms with Gasteiger partial charge in [0, 0.05) is 17.3 Å². The van der Waals surface area contributed by atoms with E-state index in [1.165, 1.54) is 64.6 Å². The predicted molar refractivity (Wildman–Crippen MR) is 77.9 cm³/mol. The van der Waals surface area contributed by atoms with Crippen LogP contribution < -0.4 is 5.32 Å². The minimum atomic E-state index is 0.557. The zero-order valence-corrected chi connectivity index (χ0v) is 12.3. The highest BCUT2D eigenvalue weighted by molar-refractivity contribution is 8.00. The van der Waals surface area contributed by atoms with Crippen molar-refractivity contribution in [1.29, 1.82) is 0 Å². The third-order valence-corrected chi connectivity index (χ3v) is 6.05. The molecule has 17 heavy (non-hydrogen) atoms. The fraction of sp³-hybridized carbons (Fsp3) is 1.00. The molecule has 0 spiro atoms. The Kier molecular flexibility index (Phi) is 5.19. The van der Waals surface area contributed by atoms with Gasteiger partial charge in [0.2, 0.25) is 0 Å². The van der Waals surface area contributed by atoms with Crippen LogP contribution in [-0.2, 0) is 0 Å². The molecule has 2 nitrogen and oxygen atoms in total. The van der Waals surface area contributed by atoms with Gasteiger partial charge in [-0.05, 0) is 52.1 Å². The van der Waals surface area contributed by atoms with Crippen LogP contribution in [0.3, 0.4) is 0 Å². The van der Waals surface area contributed by atoms with E-state index in [-0.39, 0.29) is 0 Å². The van der Waals surface area contributed by atoms with Crippen molar-refractivity contribution in [2.75, 3.05) is 32.9 Å². The Morgan fingerprint density at radius 1 is 1.18 bits per heavy atom. The first kappa shape index (κ1) is 13.7. The molecule has 1 saturated carbocycles. The van der Waals surface area contributed by atoms with Gasteiger partial charge in [-0.1, -0.05) is 19.3 Å². The maximum absolute atomic E-state index is 3.86. The van der Waals surface area contributed by atoms with Gasteiger partial charge < -0.3 is 10.2 Å². The first-order valence-electron chi connectivity index (χ1n) is 7.21. The van der Waals surface area contributed by atoms with Gasteiger partial charge in [0.05, 0.1) is 0 Å². The van der Waals surface area contributed by atoms with Crippen LogP contribution in [0.15, 0.2) is 0 Å². The quantitative estimate of drug-likeness (QED) is 0.832. The second-order valence-corrected chi connectivity index (χ2v) is 7.18. The monoisotopic (exact) mass is 256 g/mol. The molecule has 0 unspecified atom stereocenters. The predicted octanol–water partition coefficient (Wildman–Crippen LogP) is 2.74. The molecule has 2 fully saturated rings. The van der Waals surface area contributed by atoms with E-state index in [4.69, 9.17) is 0 Å². The van der Waals surface area contributed by atoms with Crippen molar-refractivity contribution in [3.8, 4) is 0 Å². The molecule has 1 saturated heterocycles. The summed E-state index contributed by atoms with van der Waals surface area (Å²) in [5.74, 6) is 0. The molecule has 0 amide bonds. The number of nitrogens with zero attached hydrogens (tertiary/aromatic N) is 1. The topological polar surface area (TPSA) is 15.3 Å². The molecule has 0 aromatic carbocycles. The van der Waals surface area contributed by atoms with Crippen molar-refractivity contribution in [3.63, 3.8) is 0 Å². The minimum Gasteiger partial charge on any atom is -0.313 e. The third-order valence-electron chi connectivity index (χ3n) is 4.63. The van der Waals surface area contributed by atoms with E-state index in [9.17, 15) is 0 Å². The van der Waals surface area contributed by atoms with Gasteiger partial charge >= 0.3 is 0 Å². The van der Waals surface area contributed by atoms with Crippen LogP contribution in [0, 0.1) is 0 Å². The molecule has 0 bridgehead atoms. The van der Waals surface area contributed by atoms with E-state index in [2.05, 4.69) is 35.3 Å². The summed E-state index contributed by atoms with van der Waals surface area (Å²) in [5, 5.41) is 3.86. The maximum atomic E-state index is 3.86. The highest BCUT2D eigenvalue weighted by Gasteiger charge is 2.31. The van der Waals surface area contributed by atoms with Crippen LogP contribution in [0.4, 0.5) is 0 Å². The molecule has 0 aromatic heterocycles. The van der Waals surface area contributed by atoms with E-state index in [1.54, 1.807) is 0 Å². The molecule has 2 rings (SSSR count). The Labute approximate surface area is 111 Å². The van der Waals surface area contributed by atoms with Crippen LogP contribution in [0.5, 0.6) is 0 Å². The number of likely N-dealkylation sites (tertiary alicyclic amines) is 1. The lowest BCUT2D eigenvalue weighted by Crippen LogP contribution is -2.47. The Hall–Kier alpha value is 0.270. The van der Waals surface area contributed by atoms with Gasteiger partial charge in [0.25, 0.3) is 0 Å². The standard InChI is InChI=1S/C14H28N2S/c1-16-10-6-13(7-11-16)15-12-14(17-2)8-4-3-5-9-14/h13,15H,3-12H2,1-2H3. The zero-order valence-electron chi connectivity index (χ0n) is 11.5. The molecule has 0 atom stereocenters. The Morgan fingerprint density at radius 2 is 1.82 bits per heavy atom. The lowest BCUT2D eigenvalue weighted by Gasteiger charge is -2.38. The van der Waals surface area contributed by atoms with E-state index in [0.717, 1.165) is 6.04 Å². The van der Waals surface area contributed by atoms with Gasteiger partial charge in [-0.3, -0.25) is 0 Å². The summed E-state index contributed by atoms with van der Waals surface area (Å²) >= 11 is 2.11. The highest BCUT2D eigenvalue weighted by Crippen LogP contribution is 2.38. The van der Waals surface area contributed by atoms with Crippen molar-refractivity contribution in [2.24, 2.45) is 0 Å². The number of rotatable bonds is 4. The molecule has 0 aromatic rings. The van der Waals surface area contributed by atoms with Gasteiger partial charge in [0.15, 0.2) is 0 Å². The molecule has 100 valence electrons. The number of nitrogens with one attached hydrogen (secondary N) is 1. The first-order valence-corrected chi connectivity index (χ1v) is 8.44. The summed E-state index contributed by atoms with van der Waals surface area (Å²) in [6, 6.07) is 0.775. The van der Waals surface area contributed by atoms with E-state index in [1.807, 2.05) is 0 Å². The number of hydrogen-bond acceptors (Lipinski definition) is 3. The summed E-state index contributed by atoms with van der Waals surface area (Å²) in [6.07, 6.45) is 12.2. The summed E-state index contributed by atoms with van der Waals surface area (Å²) < 4.78 is 0.557. The fourth-order valence-corrected chi connectivity index (χ4v) is 4.12. The highest BCUT2D eigenvalue weighted by atomic mass is 32.2. The first-order chi connectivity index (χ1) is 8.24. The van der Waals surface area contributed by atoms with Crippen LogP contribution >= 0.6 is 11.8 Å². The van der Waals surface area contributed by atoms with Gasteiger partial charge in [-0.15, -0.1) is 0 Å². The normalized spacial score (nSPS) is 27.2. The van der Waals surface area contributed by atoms with Gasteiger partial charge in [-0.25, -0.2) is 0 Å². The van der Waals surface area contributed by atoms with Crippen molar-refractivity contribution < 1.29 is 0 Å². The van der Waals surface area contributed by atoms with Crippen molar-refractivity contribution in [2.45, 2.75) is 55.7 Å². The minimum absolute atomic E-state index is 0.557. The second kappa shape index (κ2) is 6.44. The fourth-order valence-electron chi connectivity index (χ4n) is 3.19. The third kappa shape index (κ3) is 3.87. The molecule has 1 heterocycles. The summed E-state index contributed by atoms with van der Waals surface area (Å²) in [7, 11) is 2.24. The lowest BCUT2D eigenvalue weighted by molar-refractivity contribution is 0.228. The van der Waals surface area contributed by atoms with E-state index < -0.39 is 0 Å². The zero-order chi connectivity index (χ0) is 12.1. The van der Waals surface area contributed by atoms with Crippen molar-refractivity contribution in [3.05, 3.63) is 0 Å². The molecule has 2 aliphatic rings. The largest absolute Gasteiger partial charge is 0.313 e. The molecule has 1 aliphatic heterocycles. The van der Waals surface area contributed by atoms with Crippen LogP contribution in [-0.4, -0.2) is 48.6 Å².